The molecule has 1 aromatic heterocycles. The van der Waals surface area contributed by atoms with Crippen molar-refractivity contribution in [3.05, 3.63) is 30.0 Å². The molecule has 0 spiro atoms. The van der Waals surface area contributed by atoms with Crippen LogP contribution in [0.3, 0.4) is 0 Å². The van der Waals surface area contributed by atoms with Crippen molar-refractivity contribution < 1.29 is 23.7 Å². The van der Waals surface area contributed by atoms with E-state index in [1.807, 2.05) is 18.2 Å². The number of aromatic nitrogens is 2. The SMILES string of the molecule is COc1ccc(OC)c(-c2cc(C(=O)NC3CCC4OCCOC4C3)n(C)n2)c1. The molecule has 2 aliphatic rings. The molecule has 1 N–H and O–H groups in total. The van der Waals surface area contributed by atoms with Crippen LogP contribution in [-0.2, 0) is 16.5 Å². The van der Waals surface area contributed by atoms with Gasteiger partial charge in [0.1, 0.15) is 17.2 Å². The number of nitrogens with zero attached hydrogens (tertiary/aromatic N) is 2. The van der Waals surface area contributed by atoms with Crippen LogP contribution in [0.25, 0.3) is 11.3 Å². The molecule has 156 valence electrons. The molecule has 29 heavy (non-hydrogen) atoms. The Bertz CT molecular complexity index is 881. The standard InChI is InChI=1S/C21H27N3O5/c1-24-17(12-16(23-24)15-11-14(26-2)5-7-18(15)27-3)21(25)22-13-4-6-19-20(10-13)29-9-8-28-19/h5,7,11-13,19-20H,4,6,8-10H2,1-3H3,(H,22,25). The predicted molar refractivity (Wildman–Crippen MR) is 106 cm³/mol. The molecule has 2 heterocycles. The zero-order valence-electron chi connectivity index (χ0n) is 17.0. The molecule has 3 atom stereocenters. The van der Waals surface area contributed by atoms with Gasteiger partial charge in [-0.3, -0.25) is 9.48 Å². The lowest BCUT2D eigenvalue weighted by Crippen LogP contribution is -2.49. The summed E-state index contributed by atoms with van der Waals surface area (Å²) >= 11 is 0. The van der Waals surface area contributed by atoms with Crippen LogP contribution in [-0.4, -0.2) is 61.4 Å². The number of hydrogen-bond donors (Lipinski definition) is 1. The maximum atomic E-state index is 12.9. The summed E-state index contributed by atoms with van der Waals surface area (Å²) < 4.78 is 23.9. The van der Waals surface area contributed by atoms with Crippen molar-refractivity contribution in [3.8, 4) is 22.8 Å². The number of carbonyl (C=O) groups is 1. The lowest BCUT2D eigenvalue weighted by Gasteiger charge is -2.39. The lowest BCUT2D eigenvalue weighted by atomic mass is 9.89. The molecule has 8 heteroatoms. The van der Waals surface area contributed by atoms with Crippen molar-refractivity contribution in [1.29, 1.82) is 0 Å². The Morgan fingerprint density at radius 2 is 1.93 bits per heavy atom. The van der Waals surface area contributed by atoms with Crippen molar-refractivity contribution in [2.75, 3.05) is 27.4 Å². The Morgan fingerprint density at radius 1 is 1.14 bits per heavy atom. The van der Waals surface area contributed by atoms with E-state index in [4.69, 9.17) is 18.9 Å². The Labute approximate surface area is 170 Å². The number of hydrogen-bond acceptors (Lipinski definition) is 6. The molecule has 2 aromatic rings. The first-order valence-corrected chi connectivity index (χ1v) is 9.89. The minimum Gasteiger partial charge on any atom is -0.497 e. The zero-order chi connectivity index (χ0) is 20.4. The van der Waals surface area contributed by atoms with E-state index in [2.05, 4.69) is 10.4 Å². The molecule has 1 saturated heterocycles. The summed E-state index contributed by atoms with van der Waals surface area (Å²) in [5.41, 5.74) is 1.92. The highest BCUT2D eigenvalue weighted by molar-refractivity contribution is 5.94. The molecule has 1 saturated carbocycles. The molecule has 3 unspecified atom stereocenters. The fourth-order valence-corrected chi connectivity index (χ4v) is 4.08. The van der Waals surface area contributed by atoms with E-state index in [1.165, 1.54) is 0 Å². The summed E-state index contributed by atoms with van der Waals surface area (Å²) in [6.07, 6.45) is 2.76. The van der Waals surface area contributed by atoms with Gasteiger partial charge in [-0.05, 0) is 43.5 Å². The van der Waals surface area contributed by atoms with Gasteiger partial charge in [0.25, 0.3) is 5.91 Å². The van der Waals surface area contributed by atoms with Gasteiger partial charge >= 0.3 is 0 Å². The molecule has 4 rings (SSSR count). The fraction of sp³-hybridized carbons (Fsp3) is 0.524. The van der Waals surface area contributed by atoms with E-state index in [-0.39, 0.29) is 24.2 Å². The summed E-state index contributed by atoms with van der Waals surface area (Å²) in [6, 6.07) is 7.35. The molecule has 1 amide bonds. The molecule has 0 radical (unpaired) electrons. The van der Waals surface area contributed by atoms with Crippen LogP contribution in [0.5, 0.6) is 11.5 Å². The van der Waals surface area contributed by atoms with E-state index in [0.717, 1.165) is 24.8 Å². The van der Waals surface area contributed by atoms with E-state index in [0.29, 0.717) is 36.1 Å². The topological polar surface area (TPSA) is 83.8 Å². The number of fused-ring (bicyclic) bond motifs is 1. The van der Waals surface area contributed by atoms with E-state index < -0.39 is 0 Å². The quantitative estimate of drug-likeness (QED) is 0.827. The number of amides is 1. The predicted octanol–water partition coefficient (Wildman–Crippen LogP) is 2.17. The normalized spacial score (nSPS) is 23.9. The molecular formula is C21H27N3O5. The second kappa shape index (κ2) is 8.42. The molecule has 8 nitrogen and oxygen atoms in total. The van der Waals surface area contributed by atoms with E-state index >= 15 is 0 Å². The minimum atomic E-state index is -0.145. The first-order valence-electron chi connectivity index (χ1n) is 9.89. The van der Waals surface area contributed by atoms with Gasteiger partial charge in [-0.2, -0.15) is 5.10 Å². The number of ether oxygens (including phenoxy) is 4. The van der Waals surface area contributed by atoms with Crippen LogP contribution < -0.4 is 14.8 Å². The third-order valence-corrected chi connectivity index (χ3v) is 5.61. The number of benzene rings is 1. The number of rotatable bonds is 5. The van der Waals surface area contributed by atoms with Crippen LogP contribution in [0.1, 0.15) is 29.8 Å². The molecule has 1 aromatic carbocycles. The van der Waals surface area contributed by atoms with Crippen molar-refractivity contribution in [2.45, 2.75) is 37.5 Å². The second-order valence-electron chi connectivity index (χ2n) is 7.41. The van der Waals surface area contributed by atoms with Gasteiger partial charge in [-0.1, -0.05) is 0 Å². The highest BCUT2D eigenvalue weighted by Crippen LogP contribution is 2.33. The first kappa shape index (κ1) is 19.7. The summed E-state index contributed by atoms with van der Waals surface area (Å²) in [5, 5.41) is 7.65. The van der Waals surface area contributed by atoms with Gasteiger partial charge in [0.2, 0.25) is 0 Å². The highest BCUT2D eigenvalue weighted by atomic mass is 16.6. The average molecular weight is 401 g/mol. The zero-order valence-corrected chi connectivity index (χ0v) is 17.0. The third kappa shape index (κ3) is 4.09. The van der Waals surface area contributed by atoms with Crippen molar-refractivity contribution in [1.82, 2.24) is 15.1 Å². The summed E-state index contributed by atoms with van der Waals surface area (Å²) in [7, 11) is 4.98. The van der Waals surface area contributed by atoms with Gasteiger partial charge in [-0.25, -0.2) is 0 Å². The first-order chi connectivity index (χ1) is 14.1. The van der Waals surface area contributed by atoms with E-state index in [9.17, 15) is 4.79 Å². The Hall–Kier alpha value is -2.58. The van der Waals surface area contributed by atoms with Crippen LogP contribution in [0.15, 0.2) is 24.3 Å². The van der Waals surface area contributed by atoms with Crippen molar-refractivity contribution >= 4 is 5.91 Å². The Balaban J connectivity index is 1.50. The van der Waals surface area contributed by atoms with Gasteiger partial charge < -0.3 is 24.3 Å². The average Bonchev–Trinajstić information content (AvgIpc) is 3.14. The van der Waals surface area contributed by atoms with Crippen LogP contribution in [0.2, 0.25) is 0 Å². The van der Waals surface area contributed by atoms with Crippen LogP contribution in [0.4, 0.5) is 0 Å². The minimum absolute atomic E-state index is 0.0611. The highest BCUT2D eigenvalue weighted by Gasteiger charge is 2.35. The Kier molecular flexibility index (Phi) is 5.73. The Morgan fingerprint density at radius 3 is 2.69 bits per heavy atom. The number of nitrogens with one attached hydrogen (secondary N) is 1. The van der Waals surface area contributed by atoms with Gasteiger partial charge in [-0.15, -0.1) is 0 Å². The number of carbonyl (C=O) groups excluding carboxylic acids is 1. The van der Waals surface area contributed by atoms with Crippen molar-refractivity contribution in [3.63, 3.8) is 0 Å². The molecular weight excluding hydrogens is 374 g/mol. The van der Waals surface area contributed by atoms with Gasteiger partial charge in [0.05, 0.1) is 45.3 Å². The van der Waals surface area contributed by atoms with Gasteiger partial charge in [0, 0.05) is 18.7 Å². The molecule has 1 aliphatic heterocycles. The monoisotopic (exact) mass is 401 g/mol. The smallest absolute Gasteiger partial charge is 0.269 e. The maximum Gasteiger partial charge on any atom is 0.269 e. The molecule has 0 bridgehead atoms. The van der Waals surface area contributed by atoms with E-state index in [1.54, 1.807) is 32.0 Å². The lowest BCUT2D eigenvalue weighted by molar-refractivity contribution is -0.157. The van der Waals surface area contributed by atoms with Gasteiger partial charge in [0.15, 0.2) is 0 Å². The summed E-state index contributed by atoms with van der Waals surface area (Å²) in [4.78, 5) is 12.9. The second-order valence-corrected chi connectivity index (χ2v) is 7.41. The molecule has 2 fully saturated rings. The maximum absolute atomic E-state index is 12.9. The summed E-state index contributed by atoms with van der Waals surface area (Å²) in [6.45, 7) is 1.28. The van der Waals surface area contributed by atoms with Crippen LogP contribution in [0, 0.1) is 0 Å². The fourth-order valence-electron chi connectivity index (χ4n) is 4.08. The largest absolute Gasteiger partial charge is 0.497 e. The summed E-state index contributed by atoms with van der Waals surface area (Å²) in [5.74, 6) is 1.22. The number of aryl methyl sites for hydroxylation is 1. The van der Waals surface area contributed by atoms with Crippen LogP contribution >= 0.6 is 0 Å². The molecule has 1 aliphatic carbocycles. The van der Waals surface area contributed by atoms with Crippen molar-refractivity contribution in [2.24, 2.45) is 7.05 Å². The number of methoxy groups -OCH3 is 2. The third-order valence-electron chi connectivity index (χ3n) is 5.61.